The van der Waals surface area contributed by atoms with Crippen molar-refractivity contribution in [3.05, 3.63) is 23.8 Å². The first kappa shape index (κ1) is 16.4. The molecule has 22 heavy (non-hydrogen) atoms. The Bertz CT molecular complexity index is 492. The molecule has 0 aliphatic carbocycles. The molecule has 6 nitrogen and oxygen atoms in total. The van der Waals surface area contributed by atoms with E-state index in [0.717, 1.165) is 56.6 Å². The lowest BCUT2D eigenvalue weighted by Crippen LogP contribution is -2.39. The maximum atomic E-state index is 5.38. The van der Waals surface area contributed by atoms with Gasteiger partial charge in [-0.2, -0.15) is 0 Å². The Morgan fingerprint density at radius 1 is 1.23 bits per heavy atom. The predicted octanol–water partition coefficient (Wildman–Crippen LogP) is 1.55. The quantitative estimate of drug-likeness (QED) is 0.433. The Kier molecular flexibility index (Phi) is 6.83. The summed E-state index contributed by atoms with van der Waals surface area (Å²) < 4.78 is 16.0. The topological polar surface area (TPSA) is 64.1 Å². The molecule has 0 fully saturated rings. The van der Waals surface area contributed by atoms with Gasteiger partial charge in [0.1, 0.15) is 0 Å². The minimum absolute atomic E-state index is 0.315. The van der Waals surface area contributed by atoms with E-state index >= 15 is 0 Å². The summed E-state index contributed by atoms with van der Waals surface area (Å²) in [7, 11) is 1.78. The minimum Gasteiger partial charge on any atom is -0.454 e. The van der Waals surface area contributed by atoms with Gasteiger partial charge in [-0.1, -0.05) is 6.07 Å². The van der Waals surface area contributed by atoms with Crippen molar-refractivity contribution in [3.8, 4) is 11.5 Å². The molecule has 0 radical (unpaired) electrons. The highest BCUT2D eigenvalue weighted by molar-refractivity contribution is 5.79. The maximum absolute atomic E-state index is 5.38. The fourth-order valence-electron chi connectivity index (χ4n) is 2.17. The summed E-state index contributed by atoms with van der Waals surface area (Å²) in [6.45, 7) is 5.52. The van der Waals surface area contributed by atoms with Gasteiger partial charge < -0.3 is 24.8 Å². The number of benzene rings is 1. The van der Waals surface area contributed by atoms with Gasteiger partial charge >= 0.3 is 0 Å². The van der Waals surface area contributed by atoms with E-state index in [2.05, 4.69) is 21.7 Å². The third kappa shape index (κ3) is 5.11. The summed E-state index contributed by atoms with van der Waals surface area (Å²) in [6.07, 6.45) is 1.87. The van der Waals surface area contributed by atoms with Crippen LogP contribution < -0.4 is 20.1 Å². The van der Waals surface area contributed by atoms with E-state index in [4.69, 9.17) is 14.2 Å². The van der Waals surface area contributed by atoms with Gasteiger partial charge in [0.15, 0.2) is 17.5 Å². The van der Waals surface area contributed by atoms with Gasteiger partial charge in [0, 0.05) is 33.4 Å². The number of nitrogens with zero attached hydrogens (tertiary/aromatic N) is 1. The molecular formula is C16H25N3O3. The Hall–Kier alpha value is -1.95. The van der Waals surface area contributed by atoms with Crippen LogP contribution in [-0.4, -0.2) is 46.1 Å². The zero-order valence-electron chi connectivity index (χ0n) is 13.4. The van der Waals surface area contributed by atoms with Crippen LogP contribution in [0, 0.1) is 0 Å². The number of hydrogen-bond donors (Lipinski definition) is 2. The standard InChI is InChI=1S/C16H25N3O3/c1-3-20-10-4-8-18-16(17-2)19-9-7-13-5-6-14-15(11-13)22-12-21-14/h5-6,11H,3-4,7-10,12H2,1-2H3,(H2,17,18,19). The van der Waals surface area contributed by atoms with Crippen LogP contribution in [0.1, 0.15) is 18.9 Å². The number of ether oxygens (including phenoxy) is 3. The molecule has 6 heteroatoms. The zero-order valence-corrected chi connectivity index (χ0v) is 13.4. The van der Waals surface area contributed by atoms with Gasteiger partial charge in [-0.15, -0.1) is 0 Å². The lowest BCUT2D eigenvalue weighted by molar-refractivity contribution is 0.145. The van der Waals surface area contributed by atoms with Crippen LogP contribution in [0.4, 0.5) is 0 Å². The van der Waals surface area contributed by atoms with E-state index in [9.17, 15) is 0 Å². The molecule has 0 unspecified atom stereocenters. The van der Waals surface area contributed by atoms with E-state index in [1.807, 2.05) is 19.1 Å². The minimum atomic E-state index is 0.315. The first-order valence-electron chi connectivity index (χ1n) is 7.74. The number of aliphatic imine (C=N–C) groups is 1. The lowest BCUT2D eigenvalue weighted by atomic mass is 10.1. The molecule has 1 aliphatic rings. The van der Waals surface area contributed by atoms with Crippen molar-refractivity contribution in [1.29, 1.82) is 0 Å². The third-order valence-corrected chi connectivity index (χ3v) is 3.33. The number of hydrogen-bond acceptors (Lipinski definition) is 4. The molecule has 0 aromatic heterocycles. The zero-order chi connectivity index (χ0) is 15.6. The van der Waals surface area contributed by atoms with Gasteiger partial charge in [-0.3, -0.25) is 4.99 Å². The second-order valence-electron chi connectivity index (χ2n) is 4.91. The highest BCUT2D eigenvalue weighted by Gasteiger charge is 2.12. The van der Waals surface area contributed by atoms with Crippen LogP contribution >= 0.6 is 0 Å². The summed E-state index contributed by atoms with van der Waals surface area (Å²) >= 11 is 0. The summed E-state index contributed by atoms with van der Waals surface area (Å²) in [5, 5.41) is 6.57. The van der Waals surface area contributed by atoms with Crippen LogP contribution in [0.5, 0.6) is 11.5 Å². The molecular weight excluding hydrogens is 282 g/mol. The second kappa shape index (κ2) is 9.15. The van der Waals surface area contributed by atoms with E-state index in [-0.39, 0.29) is 0 Å². The predicted molar refractivity (Wildman–Crippen MR) is 86.7 cm³/mol. The van der Waals surface area contributed by atoms with Crippen molar-refractivity contribution >= 4 is 5.96 Å². The average molecular weight is 307 g/mol. The largest absolute Gasteiger partial charge is 0.454 e. The van der Waals surface area contributed by atoms with Crippen LogP contribution in [0.3, 0.4) is 0 Å². The van der Waals surface area contributed by atoms with Crippen LogP contribution in [0.25, 0.3) is 0 Å². The van der Waals surface area contributed by atoms with Gasteiger partial charge in [0.25, 0.3) is 0 Å². The highest BCUT2D eigenvalue weighted by Crippen LogP contribution is 2.32. The van der Waals surface area contributed by atoms with Crippen molar-refractivity contribution in [1.82, 2.24) is 10.6 Å². The molecule has 1 aliphatic heterocycles. The molecule has 0 amide bonds. The van der Waals surface area contributed by atoms with Crippen molar-refractivity contribution in [2.75, 3.05) is 40.1 Å². The molecule has 1 heterocycles. The number of rotatable bonds is 8. The summed E-state index contributed by atoms with van der Waals surface area (Å²) in [4.78, 5) is 4.20. The van der Waals surface area contributed by atoms with E-state index < -0.39 is 0 Å². The molecule has 0 atom stereocenters. The Balaban J connectivity index is 1.66. The van der Waals surface area contributed by atoms with Crippen molar-refractivity contribution in [3.63, 3.8) is 0 Å². The first-order valence-corrected chi connectivity index (χ1v) is 7.74. The fraction of sp³-hybridized carbons (Fsp3) is 0.562. The third-order valence-electron chi connectivity index (χ3n) is 3.33. The number of guanidine groups is 1. The molecule has 0 saturated carbocycles. The van der Waals surface area contributed by atoms with Crippen molar-refractivity contribution < 1.29 is 14.2 Å². The maximum Gasteiger partial charge on any atom is 0.231 e. The van der Waals surface area contributed by atoms with E-state index in [0.29, 0.717) is 6.79 Å². The summed E-state index contributed by atoms with van der Waals surface area (Å²) in [5.74, 6) is 2.47. The average Bonchev–Trinajstić information content (AvgIpc) is 3.00. The Morgan fingerprint density at radius 3 is 2.86 bits per heavy atom. The van der Waals surface area contributed by atoms with Crippen LogP contribution in [0.2, 0.25) is 0 Å². The summed E-state index contributed by atoms with van der Waals surface area (Å²) in [6, 6.07) is 6.05. The lowest BCUT2D eigenvalue weighted by Gasteiger charge is -2.12. The molecule has 0 spiro atoms. The highest BCUT2D eigenvalue weighted by atomic mass is 16.7. The van der Waals surface area contributed by atoms with Gasteiger partial charge in [-0.25, -0.2) is 0 Å². The van der Waals surface area contributed by atoms with Crippen LogP contribution in [-0.2, 0) is 11.2 Å². The van der Waals surface area contributed by atoms with Gasteiger partial charge in [0.2, 0.25) is 6.79 Å². The normalized spacial score (nSPS) is 13.3. The molecule has 1 aromatic carbocycles. The van der Waals surface area contributed by atoms with Crippen LogP contribution in [0.15, 0.2) is 23.2 Å². The van der Waals surface area contributed by atoms with Gasteiger partial charge in [-0.05, 0) is 37.5 Å². The van der Waals surface area contributed by atoms with Gasteiger partial charge in [0.05, 0.1) is 0 Å². The SMILES string of the molecule is CCOCCCNC(=NC)NCCc1ccc2c(c1)OCO2. The summed E-state index contributed by atoms with van der Waals surface area (Å²) in [5.41, 5.74) is 1.21. The van der Waals surface area contributed by atoms with Crippen molar-refractivity contribution in [2.24, 2.45) is 4.99 Å². The Morgan fingerprint density at radius 2 is 2.05 bits per heavy atom. The molecule has 0 saturated heterocycles. The smallest absolute Gasteiger partial charge is 0.231 e. The number of fused-ring (bicyclic) bond motifs is 1. The first-order chi connectivity index (χ1) is 10.8. The fourth-order valence-corrected chi connectivity index (χ4v) is 2.17. The molecule has 2 rings (SSSR count). The second-order valence-corrected chi connectivity index (χ2v) is 4.91. The molecule has 2 N–H and O–H groups in total. The molecule has 1 aromatic rings. The van der Waals surface area contributed by atoms with Crippen molar-refractivity contribution in [2.45, 2.75) is 19.8 Å². The van der Waals surface area contributed by atoms with E-state index in [1.54, 1.807) is 7.05 Å². The van der Waals surface area contributed by atoms with E-state index in [1.165, 1.54) is 5.56 Å². The number of nitrogens with one attached hydrogen (secondary N) is 2. The Labute approximate surface area is 131 Å². The molecule has 122 valence electrons. The monoisotopic (exact) mass is 307 g/mol. The molecule has 0 bridgehead atoms.